The summed E-state index contributed by atoms with van der Waals surface area (Å²) in [5, 5.41) is 5.89. The van der Waals surface area contributed by atoms with Crippen LogP contribution in [0.1, 0.15) is 30.2 Å². The molecule has 1 aliphatic rings. The molecule has 0 atom stereocenters. The molecule has 0 amide bonds. The van der Waals surface area contributed by atoms with Crippen LogP contribution >= 0.6 is 0 Å². The number of H-pyrrole nitrogens is 1. The molecule has 102 valence electrons. The zero-order valence-electron chi connectivity index (χ0n) is 11.9. The van der Waals surface area contributed by atoms with Gasteiger partial charge < -0.3 is 4.98 Å². The van der Waals surface area contributed by atoms with Gasteiger partial charge in [0.25, 0.3) is 0 Å². The van der Waals surface area contributed by atoms with Crippen LogP contribution in [0.3, 0.4) is 0 Å². The van der Waals surface area contributed by atoms with Gasteiger partial charge in [0.2, 0.25) is 0 Å². The van der Waals surface area contributed by atoms with Gasteiger partial charge in [-0.3, -0.25) is 4.68 Å². The standard InChI is InChI=1S/C16H18N4/c1-3-10-8-17-16-13(10)7-11(9-18-16)15-12-5-4-6-14(12)19-20(15)2/h7-9H,3-6H2,1-2H3,(H,17,18). The minimum absolute atomic E-state index is 0.976. The average Bonchev–Trinajstić information content (AvgIpc) is 3.11. The van der Waals surface area contributed by atoms with E-state index in [2.05, 4.69) is 34.3 Å². The molecule has 0 aromatic carbocycles. The van der Waals surface area contributed by atoms with Crippen LogP contribution in [0.4, 0.5) is 0 Å². The molecular formula is C16H18N4. The summed E-state index contributed by atoms with van der Waals surface area (Å²) in [4.78, 5) is 7.82. The van der Waals surface area contributed by atoms with Crippen molar-refractivity contribution in [3.63, 3.8) is 0 Å². The molecule has 3 aromatic heterocycles. The zero-order chi connectivity index (χ0) is 13.7. The van der Waals surface area contributed by atoms with Gasteiger partial charge in [-0.1, -0.05) is 6.92 Å². The maximum Gasteiger partial charge on any atom is 0.137 e. The lowest BCUT2D eigenvalue weighted by Gasteiger charge is -2.05. The number of nitrogens with one attached hydrogen (secondary N) is 1. The number of hydrogen-bond acceptors (Lipinski definition) is 2. The third-order valence-corrected chi connectivity index (χ3v) is 4.34. The van der Waals surface area contributed by atoms with Gasteiger partial charge in [-0.25, -0.2) is 4.98 Å². The Labute approximate surface area is 117 Å². The Morgan fingerprint density at radius 3 is 3.10 bits per heavy atom. The lowest BCUT2D eigenvalue weighted by Crippen LogP contribution is -1.97. The van der Waals surface area contributed by atoms with E-state index in [-0.39, 0.29) is 0 Å². The van der Waals surface area contributed by atoms with Crippen molar-refractivity contribution in [1.29, 1.82) is 0 Å². The van der Waals surface area contributed by atoms with Crippen LogP contribution in [0.15, 0.2) is 18.5 Å². The van der Waals surface area contributed by atoms with Crippen molar-refractivity contribution in [3.05, 3.63) is 35.3 Å². The second-order valence-electron chi connectivity index (χ2n) is 5.54. The van der Waals surface area contributed by atoms with Crippen LogP contribution < -0.4 is 0 Å². The van der Waals surface area contributed by atoms with E-state index in [1.165, 1.54) is 39.9 Å². The number of aryl methyl sites for hydroxylation is 3. The minimum atomic E-state index is 0.976. The lowest BCUT2D eigenvalue weighted by atomic mass is 10.1. The Morgan fingerprint density at radius 2 is 2.25 bits per heavy atom. The molecule has 20 heavy (non-hydrogen) atoms. The fraction of sp³-hybridized carbons (Fsp3) is 0.375. The maximum absolute atomic E-state index is 4.66. The molecule has 3 heterocycles. The van der Waals surface area contributed by atoms with Crippen LogP contribution in [-0.4, -0.2) is 19.7 Å². The van der Waals surface area contributed by atoms with Gasteiger partial charge >= 0.3 is 0 Å². The Balaban J connectivity index is 1.94. The highest BCUT2D eigenvalue weighted by molar-refractivity contribution is 5.84. The second-order valence-corrected chi connectivity index (χ2v) is 5.54. The summed E-state index contributed by atoms with van der Waals surface area (Å²) < 4.78 is 2.02. The first-order valence-corrected chi connectivity index (χ1v) is 7.29. The molecule has 1 aliphatic carbocycles. The SMILES string of the molecule is CCc1c[nH]c2ncc(-c3c4c(nn3C)CCC4)cc12. The fourth-order valence-electron chi connectivity index (χ4n) is 3.36. The van der Waals surface area contributed by atoms with Crippen molar-refractivity contribution in [2.45, 2.75) is 32.6 Å². The normalized spacial score (nSPS) is 14.1. The Kier molecular flexibility index (Phi) is 2.46. The Morgan fingerprint density at radius 1 is 1.35 bits per heavy atom. The quantitative estimate of drug-likeness (QED) is 0.775. The highest BCUT2D eigenvalue weighted by Gasteiger charge is 2.22. The van der Waals surface area contributed by atoms with Gasteiger partial charge in [0.15, 0.2) is 0 Å². The van der Waals surface area contributed by atoms with E-state index in [0.717, 1.165) is 24.9 Å². The van der Waals surface area contributed by atoms with Crippen LogP contribution in [0.5, 0.6) is 0 Å². The molecular weight excluding hydrogens is 248 g/mol. The Hall–Kier alpha value is -2.10. The summed E-state index contributed by atoms with van der Waals surface area (Å²) in [5.41, 5.74) is 7.42. The molecule has 0 bridgehead atoms. The van der Waals surface area contributed by atoms with E-state index in [0.29, 0.717) is 0 Å². The lowest BCUT2D eigenvalue weighted by molar-refractivity contribution is 0.734. The molecule has 4 heteroatoms. The number of fused-ring (bicyclic) bond motifs is 2. The number of hydrogen-bond donors (Lipinski definition) is 1. The van der Waals surface area contributed by atoms with Crippen molar-refractivity contribution in [3.8, 4) is 11.3 Å². The van der Waals surface area contributed by atoms with Crippen molar-refractivity contribution < 1.29 is 0 Å². The monoisotopic (exact) mass is 266 g/mol. The summed E-state index contributed by atoms with van der Waals surface area (Å²) in [7, 11) is 2.04. The van der Waals surface area contributed by atoms with Crippen molar-refractivity contribution in [2.24, 2.45) is 7.05 Å². The first-order valence-electron chi connectivity index (χ1n) is 7.29. The third-order valence-electron chi connectivity index (χ3n) is 4.34. The maximum atomic E-state index is 4.66. The molecule has 4 rings (SSSR count). The summed E-state index contributed by atoms with van der Waals surface area (Å²) in [6, 6.07) is 2.26. The number of nitrogens with zero attached hydrogens (tertiary/aromatic N) is 3. The van der Waals surface area contributed by atoms with E-state index < -0.39 is 0 Å². The van der Waals surface area contributed by atoms with Crippen LogP contribution in [0.25, 0.3) is 22.3 Å². The summed E-state index contributed by atoms with van der Waals surface area (Å²) in [5.74, 6) is 0. The molecule has 4 nitrogen and oxygen atoms in total. The highest BCUT2D eigenvalue weighted by atomic mass is 15.3. The number of aromatic nitrogens is 4. The number of pyridine rings is 1. The molecule has 0 unspecified atom stereocenters. The molecule has 0 fully saturated rings. The third kappa shape index (κ3) is 1.54. The van der Waals surface area contributed by atoms with Crippen molar-refractivity contribution >= 4 is 11.0 Å². The highest BCUT2D eigenvalue weighted by Crippen LogP contribution is 2.33. The summed E-state index contributed by atoms with van der Waals surface area (Å²) in [6.07, 6.45) is 8.54. The van der Waals surface area contributed by atoms with Gasteiger partial charge in [-0.05, 0) is 37.3 Å². The van der Waals surface area contributed by atoms with E-state index in [1.54, 1.807) is 0 Å². The van der Waals surface area contributed by atoms with Crippen LogP contribution in [0, 0.1) is 0 Å². The zero-order valence-corrected chi connectivity index (χ0v) is 11.9. The molecule has 1 N–H and O–H groups in total. The van der Waals surface area contributed by atoms with Gasteiger partial charge in [0.1, 0.15) is 5.65 Å². The molecule has 0 saturated heterocycles. The van der Waals surface area contributed by atoms with Gasteiger partial charge in [-0.2, -0.15) is 5.10 Å². The topological polar surface area (TPSA) is 46.5 Å². The smallest absolute Gasteiger partial charge is 0.137 e. The molecule has 0 saturated carbocycles. The van der Waals surface area contributed by atoms with E-state index >= 15 is 0 Å². The number of aromatic amines is 1. The van der Waals surface area contributed by atoms with Crippen molar-refractivity contribution in [2.75, 3.05) is 0 Å². The van der Waals surface area contributed by atoms with E-state index in [4.69, 9.17) is 0 Å². The van der Waals surface area contributed by atoms with E-state index in [9.17, 15) is 0 Å². The largest absolute Gasteiger partial charge is 0.346 e. The fourth-order valence-corrected chi connectivity index (χ4v) is 3.36. The van der Waals surface area contributed by atoms with Crippen LogP contribution in [0.2, 0.25) is 0 Å². The van der Waals surface area contributed by atoms with E-state index in [1.807, 2.05) is 17.9 Å². The van der Waals surface area contributed by atoms with Gasteiger partial charge in [-0.15, -0.1) is 0 Å². The first-order chi connectivity index (χ1) is 9.78. The molecule has 0 radical (unpaired) electrons. The van der Waals surface area contributed by atoms with Gasteiger partial charge in [0.05, 0.1) is 11.4 Å². The predicted molar refractivity (Wildman–Crippen MR) is 79.7 cm³/mol. The minimum Gasteiger partial charge on any atom is -0.346 e. The van der Waals surface area contributed by atoms with Crippen LogP contribution in [-0.2, 0) is 26.3 Å². The van der Waals surface area contributed by atoms with Gasteiger partial charge in [0, 0.05) is 36.0 Å². The average molecular weight is 266 g/mol. The predicted octanol–water partition coefficient (Wildman–Crippen LogP) is 3.01. The summed E-state index contributed by atoms with van der Waals surface area (Å²) >= 11 is 0. The second kappa shape index (κ2) is 4.20. The first kappa shape index (κ1) is 11.7. The molecule has 3 aromatic rings. The van der Waals surface area contributed by atoms with Crippen molar-refractivity contribution in [1.82, 2.24) is 19.7 Å². The number of rotatable bonds is 2. The summed E-state index contributed by atoms with van der Waals surface area (Å²) in [6.45, 7) is 2.18. The Bertz CT molecular complexity index is 794. The molecule has 0 spiro atoms. The molecule has 0 aliphatic heterocycles.